The van der Waals surface area contributed by atoms with Gasteiger partial charge in [-0.05, 0) is 42.5 Å². The summed E-state index contributed by atoms with van der Waals surface area (Å²) in [5.41, 5.74) is -0.502. The molecule has 0 radical (unpaired) electrons. The van der Waals surface area contributed by atoms with Crippen molar-refractivity contribution in [3.8, 4) is 0 Å². The molecule has 1 aliphatic heterocycles. The lowest BCUT2D eigenvalue weighted by Gasteiger charge is -2.34. The predicted octanol–water partition coefficient (Wildman–Crippen LogP) is 2.06. The van der Waals surface area contributed by atoms with Crippen molar-refractivity contribution in [3.63, 3.8) is 0 Å². The quantitative estimate of drug-likeness (QED) is 0.531. The molecule has 1 fully saturated rings. The summed E-state index contributed by atoms with van der Waals surface area (Å²) in [6.07, 6.45) is 1.99. The molecule has 1 amide bonds. The van der Waals surface area contributed by atoms with Crippen LogP contribution in [0.5, 0.6) is 0 Å². The standard InChI is InChI=1S/C20H24N4O6S/c1-14-9-15(2)11-23(10-14)31(29,30)18-6-3-16(4-7-18)21-19(25)13-22-12-17(24(27)28)5-8-20(22)26/h3-8,12,14-15H,9-11,13H2,1-2H3,(H,21,25)/t14-,15-/m1/s1. The molecule has 2 heterocycles. The summed E-state index contributed by atoms with van der Waals surface area (Å²) in [5, 5.41) is 13.4. The zero-order valence-corrected chi connectivity index (χ0v) is 18.0. The molecular formula is C20H24N4O6S. The van der Waals surface area contributed by atoms with E-state index in [-0.39, 0.29) is 22.4 Å². The van der Waals surface area contributed by atoms with Crippen molar-refractivity contribution in [2.45, 2.75) is 31.7 Å². The van der Waals surface area contributed by atoms with Gasteiger partial charge in [0, 0.05) is 30.9 Å². The van der Waals surface area contributed by atoms with E-state index in [0.29, 0.717) is 18.8 Å². The highest BCUT2D eigenvalue weighted by Crippen LogP contribution is 2.27. The summed E-state index contributed by atoms with van der Waals surface area (Å²) in [7, 11) is -3.63. The average Bonchev–Trinajstić information content (AvgIpc) is 2.69. The van der Waals surface area contributed by atoms with Crippen LogP contribution in [0.25, 0.3) is 0 Å². The van der Waals surface area contributed by atoms with Crippen LogP contribution in [0.1, 0.15) is 20.3 Å². The van der Waals surface area contributed by atoms with Crippen molar-refractivity contribution < 1.29 is 18.1 Å². The summed E-state index contributed by atoms with van der Waals surface area (Å²) >= 11 is 0. The van der Waals surface area contributed by atoms with E-state index in [1.165, 1.54) is 28.6 Å². The first-order valence-electron chi connectivity index (χ1n) is 9.81. The van der Waals surface area contributed by atoms with Crippen LogP contribution in [0.15, 0.2) is 52.3 Å². The van der Waals surface area contributed by atoms with Crippen LogP contribution in [-0.2, 0) is 21.4 Å². The molecule has 1 aromatic heterocycles. The monoisotopic (exact) mass is 448 g/mol. The van der Waals surface area contributed by atoms with Gasteiger partial charge in [-0.2, -0.15) is 4.31 Å². The van der Waals surface area contributed by atoms with Crippen LogP contribution < -0.4 is 10.9 Å². The van der Waals surface area contributed by atoms with Gasteiger partial charge in [0.25, 0.3) is 11.2 Å². The highest BCUT2D eigenvalue weighted by atomic mass is 32.2. The number of carbonyl (C=O) groups excluding carboxylic acids is 1. The molecular weight excluding hydrogens is 424 g/mol. The van der Waals surface area contributed by atoms with Gasteiger partial charge < -0.3 is 5.32 Å². The second-order valence-corrected chi connectivity index (χ2v) is 9.89. The molecule has 0 spiro atoms. The third-order valence-corrected chi connectivity index (χ3v) is 6.95. The molecule has 166 valence electrons. The Morgan fingerprint density at radius 2 is 1.74 bits per heavy atom. The molecule has 1 aliphatic rings. The van der Waals surface area contributed by atoms with Gasteiger partial charge in [-0.25, -0.2) is 8.42 Å². The van der Waals surface area contributed by atoms with E-state index in [2.05, 4.69) is 5.32 Å². The van der Waals surface area contributed by atoms with Crippen LogP contribution in [0, 0.1) is 22.0 Å². The number of pyridine rings is 1. The van der Waals surface area contributed by atoms with Gasteiger partial charge in [0.05, 0.1) is 16.0 Å². The van der Waals surface area contributed by atoms with E-state index in [1.54, 1.807) is 0 Å². The molecule has 0 unspecified atom stereocenters. The van der Waals surface area contributed by atoms with Gasteiger partial charge in [0.1, 0.15) is 6.54 Å². The second kappa shape index (κ2) is 8.98. The predicted molar refractivity (Wildman–Crippen MR) is 114 cm³/mol. The third-order valence-electron chi connectivity index (χ3n) is 5.10. The number of nitro groups is 1. The number of carbonyl (C=O) groups is 1. The summed E-state index contributed by atoms with van der Waals surface area (Å²) in [6.45, 7) is 4.60. The molecule has 1 N–H and O–H groups in total. The van der Waals surface area contributed by atoms with E-state index in [0.717, 1.165) is 29.3 Å². The molecule has 3 rings (SSSR count). The van der Waals surface area contributed by atoms with Gasteiger partial charge in [0.2, 0.25) is 15.9 Å². The molecule has 2 aromatic rings. The van der Waals surface area contributed by atoms with Crippen molar-refractivity contribution >= 4 is 27.3 Å². The first kappa shape index (κ1) is 22.6. The number of rotatable bonds is 6. The van der Waals surface area contributed by atoms with E-state index >= 15 is 0 Å². The van der Waals surface area contributed by atoms with Crippen LogP contribution in [0.3, 0.4) is 0 Å². The van der Waals surface area contributed by atoms with Crippen LogP contribution in [0.4, 0.5) is 11.4 Å². The molecule has 1 aromatic carbocycles. The number of amides is 1. The minimum Gasteiger partial charge on any atom is -0.325 e. The van der Waals surface area contributed by atoms with Crippen LogP contribution >= 0.6 is 0 Å². The Hall–Kier alpha value is -3.05. The number of aromatic nitrogens is 1. The molecule has 1 saturated heterocycles. The first-order chi connectivity index (χ1) is 14.6. The van der Waals surface area contributed by atoms with Gasteiger partial charge >= 0.3 is 0 Å². The number of nitrogens with one attached hydrogen (secondary N) is 1. The van der Waals surface area contributed by atoms with Gasteiger partial charge in [0.15, 0.2) is 0 Å². The van der Waals surface area contributed by atoms with E-state index < -0.39 is 33.0 Å². The van der Waals surface area contributed by atoms with Crippen molar-refractivity contribution in [1.82, 2.24) is 8.87 Å². The zero-order chi connectivity index (χ0) is 22.8. The molecule has 2 atom stereocenters. The maximum atomic E-state index is 12.9. The number of hydrogen-bond donors (Lipinski definition) is 1. The number of sulfonamides is 1. The molecule has 0 aliphatic carbocycles. The Morgan fingerprint density at radius 1 is 1.13 bits per heavy atom. The van der Waals surface area contributed by atoms with Gasteiger partial charge in [-0.15, -0.1) is 0 Å². The van der Waals surface area contributed by atoms with Gasteiger partial charge in [-0.3, -0.25) is 24.3 Å². The number of piperidine rings is 1. The molecule has 0 saturated carbocycles. The van der Waals surface area contributed by atoms with Crippen molar-refractivity contribution in [2.75, 3.05) is 18.4 Å². The van der Waals surface area contributed by atoms with Crippen molar-refractivity contribution in [2.24, 2.45) is 11.8 Å². The van der Waals surface area contributed by atoms with Crippen molar-refractivity contribution in [3.05, 3.63) is 63.1 Å². The summed E-state index contributed by atoms with van der Waals surface area (Å²) in [4.78, 5) is 34.4. The van der Waals surface area contributed by atoms with Crippen molar-refractivity contribution in [1.29, 1.82) is 0 Å². The summed E-state index contributed by atoms with van der Waals surface area (Å²) in [6, 6.07) is 7.88. The highest BCUT2D eigenvalue weighted by molar-refractivity contribution is 7.89. The van der Waals surface area contributed by atoms with Crippen LogP contribution in [0.2, 0.25) is 0 Å². The van der Waals surface area contributed by atoms with Crippen LogP contribution in [-0.4, -0.2) is 41.2 Å². The fourth-order valence-electron chi connectivity index (χ4n) is 3.77. The van der Waals surface area contributed by atoms with E-state index in [9.17, 15) is 28.1 Å². The summed E-state index contributed by atoms with van der Waals surface area (Å²) in [5.74, 6) is 0.000455. The topological polar surface area (TPSA) is 132 Å². The molecule has 31 heavy (non-hydrogen) atoms. The fourth-order valence-corrected chi connectivity index (χ4v) is 5.45. The SMILES string of the molecule is C[C@@H]1C[C@@H](C)CN(S(=O)(=O)c2ccc(NC(=O)Cn3cc([N+](=O)[O-])ccc3=O)cc2)C1. The highest BCUT2D eigenvalue weighted by Gasteiger charge is 2.31. The lowest BCUT2D eigenvalue weighted by atomic mass is 9.94. The zero-order valence-electron chi connectivity index (χ0n) is 17.2. The Balaban J connectivity index is 1.69. The molecule has 11 heteroatoms. The second-order valence-electron chi connectivity index (χ2n) is 7.95. The Labute approximate surface area is 179 Å². The largest absolute Gasteiger partial charge is 0.325 e. The Kier molecular flexibility index (Phi) is 6.56. The Morgan fingerprint density at radius 3 is 2.32 bits per heavy atom. The normalized spacial score (nSPS) is 19.7. The number of anilines is 1. The maximum absolute atomic E-state index is 12.9. The lowest BCUT2D eigenvalue weighted by molar-refractivity contribution is -0.385. The minimum atomic E-state index is -3.63. The minimum absolute atomic E-state index is 0.140. The molecule has 0 bridgehead atoms. The maximum Gasteiger partial charge on any atom is 0.285 e. The first-order valence-corrected chi connectivity index (χ1v) is 11.2. The number of hydrogen-bond acceptors (Lipinski definition) is 6. The lowest BCUT2D eigenvalue weighted by Crippen LogP contribution is -2.42. The van der Waals surface area contributed by atoms with Gasteiger partial charge in [-0.1, -0.05) is 13.8 Å². The molecule has 10 nitrogen and oxygen atoms in total. The average molecular weight is 449 g/mol. The number of benzene rings is 1. The van der Waals surface area contributed by atoms with E-state index in [1.807, 2.05) is 13.8 Å². The summed E-state index contributed by atoms with van der Waals surface area (Å²) < 4.78 is 28.3. The number of nitrogens with zero attached hydrogens (tertiary/aromatic N) is 3. The fraction of sp³-hybridized carbons (Fsp3) is 0.400. The Bertz CT molecular complexity index is 1130. The third kappa shape index (κ3) is 5.36. The smallest absolute Gasteiger partial charge is 0.285 e. The van der Waals surface area contributed by atoms with E-state index in [4.69, 9.17) is 0 Å².